The van der Waals surface area contributed by atoms with Gasteiger partial charge in [-0.15, -0.1) is 0 Å². The number of nitrogens with zero attached hydrogens (tertiary/aromatic N) is 1. The molecule has 0 unspecified atom stereocenters. The minimum absolute atomic E-state index is 0.239. The molecule has 0 saturated carbocycles. The number of fused-ring (bicyclic) bond motifs is 1. The lowest BCUT2D eigenvalue weighted by Crippen LogP contribution is -2.41. The van der Waals surface area contributed by atoms with Crippen molar-refractivity contribution in [2.24, 2.45) is 5.92 Å². The van der Waals surface area contributed by atoms with Crippen LogP contribution in [0, 0.1) is 11.7 Å². The Morgan fingerprint density at radius 1 is 1.03 bits per heavy atom. The predicted molar refractivity (Wildman–Crippen MR) is 124 cm³/mol. The minimum atomic E-state index is -3.60. The second kappa shape index (κ2) is 10.7. The van der Waals surface area contributed by atoms with Crippen molar-refractivity contribution >= 4 is 21.9 Å². The number of nitrogens with one attached hydrogen (secondary N) is 1. The molecule has 0 atom stereocenters. The van der Waals surface area contributed by atoms with Gasteiger partial charge in [-0.2, -0.15) is 4.31 Å². The first-order valence-corrected chi connectivity index (χ1v) is 13.1. The standard InChI is InChI=1S/C25H29FN2O5S/c26-22-7-4-18(5-8-22)10-13-27-24(29)17-33-25(30)20-11-14-28(15-12-20)34(31,32)23-9-6-19-2-1-3-21(19)16-23/h4-9,16,20H,1-3,10-15,17H2,(H,27,29). The van der Waals surface area contributed by atoms with Crippen molar-refractivity contribution in [2.45, 2.75) is 43.4 Å². The molecule has 0 bridgehead atoms. The van der Waals surface area contributed by atoms with Crippen LogP contribution in [0.15, 0.2) is 47.4 Å². The van der Waals surface area contributed by atoms with Crippen LogP contribution >= 0.6 is 0 Å². The molecule has 0 radical (unpaired) electrons. The third-order valence-corrected chi connectivity index (χ3v) is 8.38. The number of ether oxygens (including phenoxy) is 1. The van der Waals surface area contributed by atoms with E-state index in [1.54, 1.807) is 24.3 Å². The summed E-state index contributed by atoms with van der Waals surface area (Å²) in [6.07, 6.45) is 4.21. The van der Waals surface area contributed by atoms with Gasteiger partial charge in [0.2, 0.25) is 10.0 Å². The summed E-state index contributed by atoms with van der Waals surface area (Å²) >= 11 is 0. The molecule has 4 rings (SSSR count). The fraction of sp³-hybridized carbons (Fsp3) is 0.440. The van der Waals surface area contributed by atoms with Gasteiger partial charge in [0.1, 0.15) is 5.82 Å². The lowest BCUT2D eigenvalue weighted by atomic mass is 9.98. The van der Waals surface area contributed by atoms with Gasteiger partial charge < -0.3 is 10.1 Å². The molecule has 182 valence electrons. The molecule has 1 fully saturated rings. The molecule has 0 aromatic heterocycles. The van der Waals surface area contributed by atoms with Crippen molar-refractivity contribution in [3.8, 4) is 0 Å². The van der Waals surface area contributed by atoms with Crippen LogP contribution in [0.4, 0.5) is 4.39 Å². The molecule has 34 heavy (non-hydrogen) atoms. The zero-order chi connectivity index (χ0) is 24.1. The van der Waals surface area contributed by atoms with Gasteiger partial charge in [0.25, 0.3) is 5.91 Å². The van der Waals surface area contributed by atoms with Crippen LogP contribution in [0.5, 0.6) is 0 Å². The summed E-state index contributed by atoms with van der Waals surface area (Å²) in [6, 6.07) is 11.4. The summed E-state index contributed by atoms with van der Waals surface area (Å²) in [6.45, 7) is 0.447. The van der Waals surface area contributed by atoms with Crippen LogP contribution in [-0.4, -0.2) is 50.8 Å². The third kappa shape index (κ3) is 5.82. The van der Waals surface area contributed by atoms with E-state index < -0.39 is 27.8 Å². The van der Waals surface area contributed by atoms with Gasteiger partial charge in [-0.3, -0.25) is 9.59 Å². The van der Waals surface area contributed by atoms with Gasteiger partial charge in [0.05, 0.1) is 10.8 Å². The molecule has 2 aromatic carbocycles. The summed E-state index contributed by atoms with van der Waals surface area (Å²) in [7, 11) is -3.60. The molecule has 1 saturated heterocycles. The number of piperidine rings is 1. The maximum atomic E-state index is 13.0. The first-order chi connectivity index (χ1) is 16.3. The van der Waals surface area contributed by atoms with E-state index in [-0.39, 0.29) is 25.5 Å². The van der Waals surface area contributed by atoms with Crippen molar-refractivity contribution in [1.82, 2.24) is 9.62 Å². The number of hydrogen-bond donors (Lipinski definition) is 1. The van der Waals surface area contributed by atoms with E-state index in [4.69, 9.17) is 4.74 Å². The van der Waals surface area contributed by atoms with E-state index in [1.165, 1.54) is 22.0 Å². The van der Waals surface area contributed by atoms with Crippen molar-refractivity contribution in [2.75, 3.05) is 26.2 Å². The van der Waals surface area contributed by atoms with E-state index in [1.807, 2.05) is 6.07 Å². The van der Waals surface area contributed by atoms with Crippen molar-refractivity contribution in [1.29, 1.82) is 0 Å². The quantitative estimate of drug-likeness (QED) is 0.577. The number of amides is 1. The summed E-state index contributed by atoms with van der Waals surface area (Å²) in [5.41, 5.74) is 3.22. The number of sulfonamides is 1. The number of aryl methyl sites for hydroxylation is 2. The largest absolute Gasteiger partial charge is 0.455 e. The highest BCUT2D eigenvalue weighted by molar-refractivity contribution is 7.89. The minimum Gasteiger partial charge on any atom is -0.455 e. The molecule has 7 nitrogen and oxygen atoms in total. The fourth-order valence-electron chi connectivity index (χ4n) is 4.49. The molecule has 0 spiro atoms. The Morgan fingerprint density at radius 2 is 1.74 bits per heavy atom. The highest BCUT2D eigenvalue weighted by atomic mass is 32.2. The fourth-order valence-corrected chi connectivity index (χ4v) is 6.01. The molecule has 1 aliphatic carbocycles. The van der Waals surface area contributed by atoms with Crippen LogP contribution in [0.1, 0.15) is 36.0 Å². The van der Waals surface area contributed by atoms with Crippen LogP contribution in [0.3, 0.4) is 0 Å². The third-order valence-electron chi connectivity index (χ3n) is 6.49. The van der Waals surface area contributed by atoms with Crippen molar-refractivity contribution in [3.63, 3.8) is 0 Å². The maximum absolute atomic E-state index is 13.0. The number of rotatable bonds is 8. The first kappa shape index (κ1) is 24.3. The average molecular weight is 489 g/mol. The van der Waals surface area contributed by atoms with Gasteiger partial charge in [-0.25, -0.2) is 12.8 Å². The summed E-state index contributed by atoms with van der Waals surface area (Å²) in [4.78, 5) is 24.6. The molecule has 1 aliphatic heterocycles. The van der Waals surface area contributed by atoms with Crippen LogP contribution in [-0.2, 0) is 43.6 Å². The van der Waals surface area contributed by atoms with Crippen LogP contribution in [0.25, 0.3) is 0 Å². The molecule has 2 aliphatic rings. The summed E-state index contributed by atoms with van der Waals surface area (Å²) in [5.74, 6) is -1.64. The van der Waals surface area contributed by atoms with E-state index >= 15 is 0 Å². The number of carbonyl (C=O) groups is 2. The molecule has 2 aromatic rings. The second-order valence-electron chi connectivity index (χ2n) is 8.80. The Balaban J connectivity index is 1.19. The smallest absolute Gasteiger partial charge is 0.309 e. The normalized spacial score (nSPS) is 16.7. The molecular weight excluding hydrogens is 459 g/mol. The Bertz CT molecular complexity index is 1140. The van der Waals surface area contributed by atoms with E-state index in [9.17, 15) is 22.4 Å². The van der Waals surface area contributed by atoms with E-state index in [2.05, 4.69) is 5.32 Å². The van der Waals surface area contributed by atoms with Crippen molar-refractivity contribution < 1.29 is 27.1 Å². The topological polar surface area (TPSA) is 92.8 Å². The Kier molecular flexibility index (Phi) is 7.63. The Hall–Kier alpha value is -2.78. The maximum Gasteiger partial charge on any atom is 0.309 e. The van der Waals surface area contributed by atoms with Crippen molar-refractivity contribution in [3.05, 3.63) is 65.0 Å². The highest BCUT2D eigenvalue weighted by Gasteiger charge is 2.33. The van der Waals surface area contributed by atoms with Gasteiger partial charge in [-0.05, 0) is 79.5 Å². The number of halogens is 1. The number of benzene rings is 2. The predicted octanol–water partition coefficient (Wildman–Crippen LogP) is 2.62. The monoisotopic (exact) mass is 488 g/mol. The Labute approximate surface area is 199 Å². The highest BCUT2D eigenvalue weighted by Crippen LogP contribution is 2.28. The number of hydrogen-bond acceptors (Lipinski definition) is 5. The Morgan fingerprint density at radius 3 is 2.47 bits per heavy atom. The van der Waals surface area contributed by atoms with Gasteiger partial charge >= 0.3 is 5.97 Å². The van der Waals surface area contributed by atoms with E-state index in [0.717, 1.165) is 30.4 Å². The molecule has 1 heterocycles. The SMILES string of the molecule is O=C(COC(=O)C1CCN(S(=O)(=O)c2ccc3c(c2)CCC3)CC1)NCCc1ccc(F)cc1. The lowest BCUT2D eigenvalue weighted by Gasteiger charge is -2.30. The van der Waals surface area contributed by atoms with Crippen LogP contribution in [0.2, 0.25) is 0 Å². The zero-order valence-corrected chi connectivity index (χ0v) is 19.8. The van der Waals surface area contributed by atoms with Gasteiger partial charge in [0.15, 0.2) is 6.61 Å². The summed E-state index contributed by atoms with van der Waals surface area (Å²) < 4.78 is 45.6. The zero-order valence-electron chi connectivity index (χ0n) is 19.0. The van der Waals surface area contributed by atoms with Crippen LogP contribution < -0.4 is 5.32 Å². The summed E-state index contributed by atoms with van der Waals surface area (Å²) in [5, 5.41) is 2.67. The number of esters is 1. The van der Waals surface area contributed by atoms with Gasteiger partial charge in [0, 0.05) is 19.6 Å². The van der Waals surface area contributed by atoms with E-state index in [0.29, 0.717) is 30.7 Å². The molecule has 1 amide bonds. The first-order valence-electron chi connectivity index (χ1n) is 11.6. The molecule has 9 heteroatoms. The average Bonchev–Trinajstić information content (AvgIpc) is 3.32. The second-order valence-corrected chi connectivity index (χ2v) is 10.7. The number of carbonyl (C=O) groups excluding carboxylic acids is 2. The molecule has 1 N–H and O–H groups in total. The molecular formula is C25H29FN2O5S. The lowest BCUT2D eigenvalue weighted by molar-refractivity contribution is -0.153. The van der Waals surface area contributed by atoms with Gasteiger partial charge in [-0.1, -0.05) is 18.2 Å².